The van der Waals surface area contributed by atoms with E-state index in [4.69, 9.17) is 4.74 Å². The van der Waals surface area contributed by atoms with Crippen molar-refractivity contribution in [1.82, 2.24) is 5.32 Å². The summed E-state index contributed by atoms with van der Waals surface area (Å²) < 4.78 is 5.77. The van der Waals surface area contributed by atoms with Crippen molar-refractivity contribution in [2.75, 3.05) is 6.61 Å². The van der Waals surface area contributed by atoms with Gasteiger partial charge in [-0.2, -0.15) is 0 Å². The van der Waals surface area contributed by atoms with E-state index in [1.165, 1.54) is 16.7 Å². The van der Waals surface area contributed by atoms with Crippen LogP contribution in [0.2, 0.25) is 0 Å². The summed E-state index contributed by atoms with van der Waals surface area (Å²) in [6.45, 7) is 12.3. The van der Waals surface area contributed by atoms with Gasteiger partial charge in [-0.3, -0.25) is 0 Å². The van der Waals surface area contributed by atoms with Crippen molar-refractivity contribution >= 4 is 0 Å². The second-order valence-electron chi connectivity index (χ2n) is 4.62. The normalized spacial score (nSPS) is 12.5. The van der Waals surface area contributed by atoms with Gasteiger partial charge in [0, 0.05) is 18.2 Å². The molecule has 0 bridgehead atoms. The predicted molar refractivity (Wildman–Crippen MR) is 73.7 cm³/mol. The van der Waals surface area contributed by atoms with Gasteiger partial charge < -0.3 is 10.1 Å². The van der Waals surface area contributed by atoms with Gasteiger partial charge in [-0.15, -0.1) is 0 Å². The molecule has 1 rings (SSSR count). The SMILES string of the molecule is CCOc1c(CN[C@@H](C)CC)ccc(C)c1C. The highest BCUT2D eigenvalue weighted by Crippen LogP contribution is 2.26. The number of hydrogen-bond acceptors (Lipinski definition) is 2. The molecular formula is C15H25NO. The molecule has 0 radical (unpaired) electrons. The summed E-state index contributed by atoms with van der Waals surface area (Å²) in [5.74, 6) is 1.06. The summed E-state index contributed by atoms with van der Waals surface area (Å²) in [5, 5.41) is 3.51. The molecule has 2 nitrogen and oxygen atoms in total. The van der Waals surface area contributed by atoms with Crippen LogP contribution in [-0.4, -0.2) is 12.6 Å². The molecule has 0 aliphatic rings. The van der Waals surface area contributed by atoms with Gasteiger partial charge in [-0.1, -0.05) is 19.1 Å². The molecule has 17 heavy (non-hydrogen) atoms. The van der Waals surface area contributed by atoms with E-state index in [-0.39, 0.29) is 0 Å². The van der Waals surface area contributed by atoms with Crippen LogP contribution in [0.4, 0.5) is 0 Å². The minimum Gasteiger partial charge on any atom is -0.493 e. The first-order chi connectivity index (χ1) is 8.10. The molecule has 0 amide bonds. The largest absolute Gasteiger partial charge is 0.493 e. The molecule has 2 heteroatoms. The molecule has 0 fully saturated rings. The lowest BCUT2D eigenvalue weighted by atomic mass is 10.0. The van der Waals surface area contributed by atoms with Crippen molar-refractivity contribution in [3.63, 3.8) is 0 Å². The molecule has 0 aromatic heterocycles. The second kappa shape index (κ2) is 6.65. The highest BCUT2D eigenvalue weighted by Gasteiger charge is 2.09. The number of nitrogens with one attached hydrogen (secondary N) is 1. The summed E-state index contributed by atoms with van der Waals surface area (Å²) in [6.07, 6.45) is 1.15. The maximum Gasteiger partial charge on any atom is 0.126 e. The van der Waals surface area contributed by atoms with Crippen LogP contribution >= 0.6 is 0 Å². The first-order valence-corrected chi connectivity index (χ1v) is 6.55. The van der Waals surface area contributed by atoms with Gasteiger partial charge in [0.1, 0.15) is 5.75 Å². The van der Waals surface area contributed by atoms with E-state index in [0.29, 0.717) is 6.04 Å². The van der Waals surface area contributed by atoms with E-state index in [1.807, 2.05) is 6.92 Å². The Hall–Kier alpha value is -1.02. The van der Waals surface area contributed by atoms with E-state index >= 15 is 0 Å². The van der Waals surface area contributed by atoms with E-state index in [2.05, 4.69) is 45.1 Å². The Balaban J connectivity index is 2.86. The zero-order valence-corrected chi connectivity index (χ0v) is 11.8. The third kappa shape index (κ3) is 3.74. The zero-order valence-electron chi connectivity index (χ0n) is 11.8. The Morgan fingerprint density at radius 2 is 1.94 bits per heavy atom. The quantitative estimate of drug-likeness (QED) is 0.813. The predicted octanol–water partition coefficient (Wildman–Crippen LogP) is 3.59. The lowest BCUT2D eigenvalue weighted by Crippen LogP contribution is -2.24. The van der Waals surface area contributed by atoms with Crippen LogP contribution in [0, 0.1) is 13.8 Å². The van der Waals surface area contributed by atoms with Crippen molar-refractivity contribution in [2.24, 2.45) is 0 Å². The third-order valence-electron chi connectivity index (χ3n) is 3.30. The second-order valence-corrected chi connectivity index (χ2v) is 4.62. The van der Waals surface area contributed by atoms with Crippen LogP contribution in [0.3, 0.4) is 0 Å². The van der Waals surface area contributed by atoms with Gasteiger partial charge in [0.15, 0.2) is 0 Å². The Kier molecular flexibility index (Phi) is 5.49. The molecule has 0 unspecified atom stereocenters. The standard InChI is InChI=1S/C15H25NO/c1-6-12(4)16-10-14-9-8-11(3)13(5)15(14)17-7-2/h8-9,12,16H,6-7,10H2,1-5H3/t12-/m0/s1. The van der Waals surface area contributed by atoms with Gasteiger partial charge >= 0.3 is 0 Å². The molecule has 1 aromatic carbocycles. The molecule has 0 heterocycles. The molecule has 0 saturated carbocycles. The van der Waals surface area contributed by atoms with E-state index in [9.17, 15) is 0 Å². The van der Waals surface area contributed by atoms with E-state index < -0.39 is 0 Å². The average Bonchev–Trinajstić information content (AvgIpc) is 2.33. The Bertz CT molecular complexity index is 360. The summed E-state index contributed by atoms with van der Waals surface area (Å²) >= 11 is 0. The number of benzene rings is 1. The van der Waals surface area contributed by atoms with Crippen molar-refractivity contribution in [3.05, 3.63) is 28.8 Å². The molecule has 1 aromatic rings. The fourth-order valence-corrected chi connectivity index (χ4v) is 1.76. The molecule has 0 aliphatic carbocycles. The Labute approximate surface area is 105 Å². The molecular weight excluding hydrogens is 210 g/mol. The lowest BCUT2D eigenvalue weighted by molar-refractivity contribution is 0.332. The minimum absolute atomic E-state index is 0.547. The Morgan fingerprint density at radius 3 is 2.53 bits per heavy atom. The minimum atomic E-state index is 0.547. The molecule has 1 N–H and O–H groups in total. The van der Waals surface area contributed by atoms with Crippen LogP contribution in [0.1, 0.15) is 43.9 Å². The number of hydrogen-bond donors (Lipinski definition) is 1. The van der Waals surface area contributed by atoms with Crippen molar-refractivity contribution in [1.29, 1.82) is 0 Å². The molecule has 0 saturated heterocycles. The van der Waals surface area contributed by atoms with Crippen LogP contribution in [0.15, 0.2) is 12.1 Å². The maximum absolute atomic E-state index is 5.77. The monoisotopic (exact) mass is 235 g/mol. The molecule has 0 aliphatic heterocycles. The number of rotatable bonds is 6. The average molecular weight is 235 g/mol. The summed E-state index contributed by atoms with van der Waals surface area (Å²) in [7, 11) is 0. The molecule has 96 valence electrons. The topological polar surface area (TPSA) is 21.3 Å². The van der Waals surface area contributed by atoms with Crippen molar-refractivity contribution < 1.29 is 4.74 Å². The Morgan fingerprint density at radius 1 is 1.24 bits per heavy atom. The van der Waals surface area contributed by atoms with E-state index in [1.54, 1.807) is 0 Å². The molecule has 0 spiro atoms. The van der Waals surface area contributed by atoms with E-state index in [0.717, 1.165) is 25.3 Å². The lowest BCUT2D eigenvalue weighted by Gasteiger charge is -2.17. The van der Waals surface area contributed by atoms with Gasteiger partial charge in [-0.25, -0.2) is 0 Å². The van der Waals surface area contributed by atoms with Crippen molar-refractivity contribution in [3.8, 4) is 5.75 Å². The van der Waals surface area contributed by atoms with Gasteiger partial charge in [0.25, 0.3) is 0 Å². The summed E-state index contributed by atoms with van der Waals surface area (Å²) in [4.78, 5) is 0. The smallest absolute Gasteiger partial charge is 0.126 e. The highest BCUT2D eigenvalue weighted by atomic mass is 16.5. The maximum atomic E-state index is 5.77. The number of aryl methyl sites for hydroxylation is 1. The molecule has 1 atom stereocenters. The van der Waals surface area contributed by atoms with Crippen LogP contribution < -0.4 is 10.1 Å². The fourth-order valence-electron chi connectivity index (χ4n) is 1.76. The zero-order chi connectivity index (χ0) is 12.8. The third-order valence-corrected chi connectivity index (χ3v) is 3.30. The highest BCUT2D eigenvalue weighted by molar-refractivity contribution is 5.45. The fraction of sp³-hybridized carbons (Fsp3) is 0.600. The van der Waals surface area contributed by atoms with Gasteiger partial charge in [0.2, 0.25) is 0 Å². The number of ether oxygens (including phenoxy) is 1. The van der Waals surface area contributed by atoms with Crippen LogP contribution in [-0.2, 0) is 6.54 Å². The van der Waals surface area contributed by atoms with Crippen LogP contribution in [0.5, 0.6) is 5.75 Å². The summed E-state index contributed by atoms with van der Waals surface area (Å²) in [5.41, 5.74) is 3.81. The first-order valence-electron chi connectivity index (χ1n) is 6.55. The first kappa shape index (κ1) is 14.0. The summed E-state index contributed by atoms with van der Waals surface area (Å²) in [6, 6.07) is 4.89. The van der Waals surface area contributed by atoms with Gasteiger partial charge in [0.05, 0.1) is 6.61 Å². The van der Waals surface area contributed by atoms with Crippen molar-refractivity contribution in [2.45, 2.75) is 53.6 Å². The van der Waals surface area contributed by atoms with Crippen LogP contribution in [0.25, 0.3) is 0 Å². The van der Waals surface area contributed by atoms with Gasteiger partial charge in [-0.05, 0) is 45.2 Å².